The summed E-state index contributed by atoms with van der Waals surface area (Å²) in [4.78, 5) is 16.0. The summed E-state index contributed by atoms with van der Waals surface area (Å²) in [6, 6.07) is 0. The molecule has 0 saturated heterocycles. The zero-order valence-electron chi connectivity index (χ0n) is 9.42. The lowest BCUT2D eigenvalue weighted by atomic mass is 10.2. The SMILES string of the molecule is CCCn1cc(C(=O)c2cncn2C)cn1. The monoisotopic (exact) mass is 218 g/mol. The van der Waals surface area contributed by atoms with E-state index in [2.05, 4.69) is 17.0 Å². The number of hydrogen-bond donors (Lipinski definition) is 0. The van der Waals surface area contributed by atoms with E-state index in [-0.39, 0.29) is 5.78 Å². The molecule has 0 bridgehead atoms. The summed E-state index contributed by atoms with van der Waals surface area (Å²) in [6.45, 7) is 2.91. The first kappa shape index (κ1) is 10.6. The highest BCUT2D eigenvalue weighted by atomic mass is 16.1. The molecule has 0 spiro atoms. The van der Waals surface area contributed by atoms with Crippen LogP contribution in [0.1, 0.15) is 29.4 Å². The van der Waals surface area contributed by atoms with Crippen molar-refractivity contribution in [2.24, 2.45) is 7.05 Å². The van der Waals surface area contributed by atoms with E-state index < -0.39 is 0 Å². The average molecular weight is 218 g/mol. The van der Waals surface area contributed by atoms with Gasteiger partial charge >= 0.3 is 0 Å². The van der Waals surface area contributed by atoms with E-state index in [4.69, 9.17) is 0 Å². The molecule has 5 nitrogen and oxygen atoms in total. The van der Waals surface area contributed by atoms with E-state index in [1.54, 1.807) is 41.2 Å². The Kier molecular flexibility index (Phi) is 2.85. The van der Waals surface area contributed by atoms with Crippen LogP contribution >= 0.6 is 0 Å². The first-order chi connectivity index (χ1) is 7.72. The zero-order valence-corrected chi connectivity index (χ0v) is 9.42. The molecule has 84 valence electrons. The first-order valence-corrected chi connectivity index (χ1v) is 5.26. The van der Waals surface area contributed by atoms with Gasteiger partial charge in [0.05, 0.1) is 24.3 Å². The Morgan fingerprint density at radius 1 is 1.44 bits per heavy atom. The summed E-state index contributed by atoms with van der Waals surface area (Å²) < 4.78 is 3.49. The van der Waals surface area contributed by atoms with Crippen LogP contribution in [0.15, 0.2) is 24.9 Å². The van der Waals surface area contributed by atoms with Gasteiger partial charge < -0.3 is 4.57 Å². The third-order valence-electron chi connectivity index (χ3n) is 2.40. The van der Waals surface area contributed by atoms with Gasteiger partial charge in [-0.05, 0) is 6.42 Å². The fourth-order valence-electron chi connectivity index (χ4n) is 1.56. The number of carbonyl (C=O) groups is 1. The molecule has 0 amide bonds. The maximum absolute atomic E-state index is 12.0. The van der Waals surface area contributed by atoms with Crippen molar-refractivity contribution in [3.05, 3.63) is 36.2 Å². The highest BCUT2D eigenvalue weighted by molar-refractivity contribution is 6.07. The van der Waals surface area contributed by atoms with E-state index in [1.807, 2.05) is 0 Å². The summed E-state index contributed by atoms with van der Waals surface area (Å²) in [7, 11) is 1.80. The van der Waals surface area contributed by atoms with Gasteiger partial charge in [0.2, 0.25) is 5.78 Å². The van der Waals surface area contributed by atoms with Crippen LogP contribution in [0.3, 0.4) is 0 Å². The van der Waals surface area contributed by atoms with Crippen molar-refractivity contribution in [2.75, 3.05) is 0 Å². The minimum atomic E-state index is -0.0395. The molecule has 0 aromatic carbocycles. The smallest absolute Gasteiger partial charge is 0.214 e. The van der Waals surface area contributed by atoms with Gasteiger partial charge in [0.25, 0.3) is 0 Å². The van der Waals surface area contributed by atoms with E-state index in [1.165, 1.54) is 0 Å². The molecule has 2 rings (SSSR count). The lowest BCUT2D eigenvalue weighted by Gasteiger charge is -1.98. The van der Waals surface area contributed by atoms with E-state index in [0.29, 0.717) is 11.3 Å². The third-order valence-corrected chi connectivity index (χ3v) is 2.40. The van der Waals surface area contributed by atoms with Crippen LogP contribution in [0.4, 0.5) is 0 Å². The molecule has 0 radical (unpaired) electrons. The molecule has 0 atom stereocenters. The lowest BCUT2D eigenvalue weighted by molar-refractivity contribution is 0.103. The van der Waals surface area contributed by atoms with Crippen LogP contribution in [0.2, 0.25) is 0 Å². The number of aromatic nitrogens is 4. The fraction of sp³-hybridized carbons (Fsp3) is 0.364. The topological polar surface area (TPSA) is 52.7 Å². The number of carbonyl (C=O) groups excluding carboxylic acids is 1. The molecule has 0 aliphatic rings. The van der Waals surface area contributed by atoms with Crippen molar-refractivity contribution in [2.45, 2.75) is 19.9 Å². The molecule has 2 aromatic rings. The summed E-state index contributed by atoms with van der Waals surface area (Å²) >= 11 is 0. The highest BCUT2D eigenvalue weighted by Gasteiger charge is 2.14. The highest BCUT2D eigenvalue weighted by Crippen LogP contribution is 2.07. The Morgan fingerprint density at radius 2 is 2.25 bits per heavy atom. The maximum atomic E-state index is 12.0. The second kappa shape index (κ2) is 4.30. The van der Waals surface area contributed by atoms with Crippen molar-refractivity contribution in [3.63, 3.8) is 0 Å². The van der Waals surface area contributed by atoms with E-state index >= 15 is 0 Å². The van der Waals surface area contributed by atoms with Gasteiger partial charge in [-0.25, -0.2) is 4.98 Å². The molecule has 0 aliphatic carbocycles. The largest absolute Gasteiger partial charge is 0.331 e. The molecule has 0 fully saturated rings. The maximum Gasteiger partial charge on any atom is 0.214 e. The van der Waals surface area contributed by atoms with Crippen LogP contribution in [-0.4, -0.2) is 25.1 Å². The number of nitrogens with zero attached hydrogens (tertiary/aromatic N) is 4. The predicted molar refractivity (Wildman–Crippen MR) is 59.2 cm³/mol. The van der Waals surface area contributed by atoms with Gasteiger partial charge in [-0.1, -0.05) is 6.92 Å². The molecule has 2 aromatic heterocycles. The molecule has 0 N–H and O–H groups in total. The fourth-order valence-corrected chi connectivity index (χ4v) is 1.56. The Labute approximate surface area is 93.7 Å². The zero-order chi connectivity index (χ0) is 11.5. The molecule has 5 heteroatoms. The summed E-state index contributed by atoms with van der Waals surface area (Å²) in [5, 5.41) is 4.13. The van der Waals surface area contributed by atoms with E-state index in [9.17, 15) is 4.79 Å². The van der Waals surface area contributed by atoms with E-state index in [0.717, 1.165) is 13.0 Å². The Bertz CT molecular complexity index is 498. The molecular formula is C11H14N4O. The Balaban J connectivity index is 2.24. The Morgan fingerprint density at radius 3 is 2.88 bits per heavy atom. The average Bonchev–Trinajstić information content (AvgIpc) is 2.87. The van der Waals surface area contributed by atoms with Gasteiger partial charge in [-0.15, -0.1) is 0 Å². The molecule has 0 saturated carbocycles. The quantitative estimate of drug-likeness (QED) is 0.726. The van der Waals surface area contributed by atoms with Gasteiger partial charge in [0, 0.05) is 19.8 Å². The molecule has 0 aliphatic heterocycles. The standard InChI is InChI=1S/C11H14N4O/c1-3-4-15-7-9(5-13-15)11(16)10-6-12-8-14(10)2/h5-8H,3-4H2,1-2H3. The number of aryl methyl sites for hydroxylation is 2. The van der Waals surface area contributed by atoms with Crippen LogP contribution in [-0.2, 0) is 13.6 Å². The number of hydrogen-bond acceptors (Lipinski definition) is 3. The molecular weight excluding hydrogens is 204 g/mol. The van der Waals surface area contributed by atoms with Gasteiger partial charge in [0.15, 0.2) is 0 Å². The van der Waals surface area contributed by atoms with Crippen LogP contribution < -0.4 is 0 Å². The minimum absolute atomic E-state index is 0.0395. The predicted octanol–water partition coefficient (Wildman–Crippen LogP) is 1.26. The number of rotatable bonds is 4. The normalized spacial score (nSPS) is 10.6. The van der Waals surface area contributed by atoms with Gasteiger partial charge in [-0.2, -0.15) is 5.10 Å². The van der Waals surface area contributed by atoms with Crippen molar-refractivity contribution in [3.8, 4) is 0 Å². The summed E-state index contributed by atoms with van der Waals surface area (Å²) in [5.74, 6) is -0.0395. The first-order valence-electron chi connectivity index (χ1n) is 5.26. The van der Waals surface area contributed by atoms with Crippen molar-refractivity contribution >= 4 is 5.78 Å². The lowest BCUT2D eigenvalue weighted by Crippen LogP contribution is -2.06. The van der Waals surface area contributed by atoms with Crippen molar-refractivity contribution in [1.82, 2.24) is 19.3 Å². The molecule has 0 unspecified atom stereocenters. The van der Waals surface area contributed by atoms with Crippen LogP contribution in [0.25, 0.3) is 0 Å². The Hall–Kier alpha value is -1.91. The minimum Gasteiger partial charge on any atom is -0.331 e. The van der Waals surface area contributed by atoms with Crippen LogP contribution in [0, 0.1) is 0 Å². The number of ketones is 1. The second-order valence-electron chi connectivity index (χ2n) is 3.71. The van der Waals surface area contributed by atoms with Gasteiger partial charge in [0.1, 0.15) is 5.69 Å². The van der Waals surface area contributed by atoms with Gasteiger partial charge in [-0.3, -0.25) is 9.48 Å². The summed E-state index contributed by atoms with van der Waals surface area (Å²) in [6.07, 6.45) is 7.56. The van der Waals surface area contributed by atoms with Crippen molar-refractivity contribution < 1.29 is 4.79 Å². The second-order valence-corrected chi connectivity index (χ2v) is 3.71. The molecule has 16 heavy (non-hydrogen) atoms. The molecule has 2 heterocycles. The third kappa shape index (κ3) is 1.88. The van der Waals surface area contributed by atoms with Crippen LogP contribution in [0.5, 0.6) is 0 Å². The number of imidazole rings is 1. The van der Waals surface area contributed by atoms with Crippen molar-refractivity contribution in [1.29, 1.82) is 0 Å². The summed E-state index contributed by atoms with van der Waals surface area (Å²) in [5.41, 5.74) is 1.19.